The third-order valence-electron chi connectivity index (χ3n) is 3.12. The number of rotatable bonds is 4. The zero-order valence-electron chi connectivity index (χ0n) is 13.9. The molecule has 1 aromatic heterocycles. The van der Waals surface area contributed by atoms with Gasteiger partial charge in [0.1, 0.15) is 23.8 Å². The molecule has 0 aliphatic rings. The lowest BCUT2D eigenvalue weighted by molar-refractivity contribution is -0.153. The van der Waals surface area contributed by atoms with Crippen molar-refractivity contribution in [1.29, 1.82) is 5.26 Å². The Morgan fingerprint density at radius 3 is 2.54 bits per heavy atom. The summed E-state index contributed by atoms with van der Waals surface area (Å²) in [6.07, 6.45) is 1.24. The maximum atomic E-state index is 12.3. The molecule has 0 amide bonds. The van der Waals surface area contributed by atoms with Crippen molar-refractivity contribution in [2.24, 2.45) is 0 Å². The first-order valence-corrected chi connectivity index (χ1v) is 7.50. The minimum absolute atomic E-state index is 0.304. The molecule has 0 aliphatic heterocycles. The van der Waals surface area contributed by atoms with Gasteiger partial charge in [0.2, 0.25) is 0 Å². The number of Topliss-reactive ketones (excluding diaryl/α,β-unsaturated/α-hetero) is 1. The largest absolute Gasteiger partial charge is 0.460 e. The highest BCUT2D eigenvalue weighted by Gasteiger charge is 2.20. The lowest BCUT2D eigenvalue weighted by Gasteiger charge is -2.19. The van der Waals surface area contributed by atoms with Crippen LogP contribution < -0.4 is 0 Å². The fourth-order valence-corrected chi connectivity index (χ4v) is 2.15. The highest BCUT2D eigenvalue weighted by atomic mass is 16.6. The van der Waals surface area contributed by atoms with Gasteiger partial charge in [-0.15, -0.1) is 0 Å². The van der Waals surface area contributed by atoms with E-state index in [4.69, 9.17) is 10.00 Å². The second-order valence-electron chi connectivity index (χ2n) is 6.31. The number of carbonyl (C=O) groups is 2. The van der Waals surface area contributed by atoms with Crippen molar-refractivity contribution in [3.63, 3.8) is 0 Å². The average Bonchev–Trinajstić information content (AvgIpc) is 2.53. The number of aromatic nitrogens is 1. The van der Waals surface area contributed by atoms with Gasteiger partial charge in [-0.2, -0.15) is 5.26 Å². The summed E-state index contributed by atoms with van der Waals surface area (Å²) in [5.41, 5.74) is 1.67. The van der Waals surface area contributed by atoms with Crippen molar-refractivity contribution in [1.82, 2.24) is 4.98 Å². The number of ketones is 1. The number of nitriles is 1. The van der Waals surface area contributed by atoms with Crippen LogP contribution >= 0.6 is 0 Å². The van der Waals surface area contributed by atoms with Gasteiger partial charge >= 0.3 is 5.97 Å². The molecule has 122 valence electrons. The Labute approximate surface area is 140 Å². The van der Waals surface area contributed by atoms with Gasteiger partial charge < -0.3 is 4.74 Å². The van der Waals surface area contributed by atoms with Crippen LogP contribution in [-0.2, 0) is 9.53 Å². The quantitative estimate of drug-likeness (QED) is 0.488. The highest BCUT2D eigenvalue weighted by Crippen LogP contribution is 2.21. The Morgan fingerprint density at radius 2 is 1.88 bits per heavy atom. The van der Waals surface area contributed by atoms with Gasteiger partial charge in [0, 0.05) is 11.8 Å². The molecule has 2 rings (SSSR count). The highest BCUT2D eigenvalue weighted by molar-refractivity contribution is 6.06. The fraction of sp³-hybridized carbons (Fsp3) is 0.263. The first-order valence-electron chi connectivity index (χ1n) is 7.50. The smallest absolute Gasteiger partial charge is 0.314 e. The zero-order valence-corrected chi connectivity index (χ0v) is 13.9. The lowest BCUT2D eigenvalue weighted by Crippen LogP contribution is -2.25. The first kappa shape index (κ1) is 17.4. The van der Waals surface area contributed by atoms with Gasteiger partial charge in [-0.1, -0.05) is 18.2 Å². The molecule has 1 heterocycles. The molecule has 0 atom stereocenters. The Morgan fingerprint density at radius 1 is 1.17 bits per heavy atom. The van der Waals surface area contributed by atoms with E-state index >= 15 is 0 Å². The standard InChI is InChI=1S/C19H18N2O3/c1-19(2,3)24-18(23)11-17(22)15-6-4-5-13(9-15)14-7-8-21-16(10-14)12-20/h4-10H,11H2,1-3H3. The van der Waals surface area contributed by atoms with Crippen LogP contribution in [0.1, 0.15) is 43.2 Å². The van der Waals surface area contributed by atoms with Gasteiger partial charge in [0.25, 0.3) is 0 Å². The van der Waals surface area contributed by atoms with Gasteiger partial charge in [-0.25, -0.2) is 4.98 Å². The van der Waals surface area contributed by atoms with Crippen molar-refractivity contribution >= 4 is 11.8 Å². The van der Waals surface area contributed by atoms with Crippen molar-refractivity contribution in [3.05, 3.63) is 53.9 Å². The van der Waals surface area contributed by atoms with Gasteiger partial charge in [-0.3, -0.25) is 9.59 Å². The van der Waals surface area contributed by atoms with E-state index in [-0.39, 0.29) is 12.2 Å². The summed E-state index contributed by atoms with van der Waals surface area (Å²) >= 11 is 0. The molecule has 0 aliphatic carbocycles. The maximum Gasteiger partial charge on any atom is 0.314 e. The van der Waals surface area contributed by atoms with E-state index in [1.165, 1.54) is 0 Å². The van der Waals surface area contributed by atoms with Crippen LogP contribution in [0.2, 0.25) is 0 Å². The summed E-state index contributed by atoms with van der Waals surface area (Å²) < 4.78 is 5.17. The van der Waals surface area contributed by atoms with Gasteiger partial charge in [-0.05, 0) is 50.1 Å². The van der Waals surface area contributed by atoms with Crippen molar-refractivity contribution in [2.75, 3.05) is 0 Å². The molecule has 0 saturated heterocycles. The Hall–Kier alpha value is -3.00. The van der Waals surface area contributed by atoms with E-state index in [0.717, 1.165) is 11.1 Å². The van der Waals surface area contributed by atoms with Gasteiger partial charge in [0.15, 0.2) is 5.78 Å². The Bertz CT molecular complexity index is 814. The lowest BCUT2D eigenvalue weighted by atomic mass is 10.0. The third-order valence-corrected chi connectivity index (χ3v) is 3.12. The molecule has 0 bridgehead atoms. The maximum absolute atomic E-state index is 12.3. The number of ether oxygens (including phenoxy) is 1. The molecule has 24 heavy (non-hydrogen) atoms. The minimum atomic E-state index is -0.621. The van der Waals surface area contributed by atoms with E-state index < -0.39 is 11.6 Å². The molecule has 0 unspecified atom stereocenters. The molecular weight excluding hydrogens is 304 g/mol. The van der Waals surface area contributed by atoms with Crippen molar-refractivity contribution in [3.8, 4) is 17.2 Å². The molecule has 5 nitrogen and oxygen atoms in total. The summed E-state index contributed by atoms with van der Waals surface area (Å²) in [5.74, 6) is -0.853. The predicted octanol–water partition coefficient (Wildman–Crippen LogP) is 3.53. The second kappa shape index (κ2) is 7.05. The first-order chi connectivity index (χ1) is 11.3. The number of benzene rings is 1. The summed E-state index contributed by atoms with van der Waals surface area (Å²) in [6, 6.07) is 12.3. The number of hydrogen-bond donors (Lipinski definition) is 0. The predicted molar refractivity (Wildman–Crippen MR) is 89.2 cm³/mol. The van der Waals surface area contributed by atoms with Crippen LogP contribution in [0, 0.1) is 11.3 Å². The van der Waals surface area contributed by atoms with Crippen LogP contribution in [0.3, 0.4) is 0 Å². The fourth-order valence-electron chi connectivity index (χ4n) is 2.15. The van der Waals surface area contributed by atoms with Crippen LogP contribution in [0.25, 0.3) is 11.1 Å². The molecule has 5 heteroatoms. The summed E-state index contributed by atoms with van der Waals surface area (Å²) in [6.45, 7) is 5.27. The van der Waals surface area contributed by atoms with Crippen LogP contribution in [0.4, 0.5) is 0 Å². The van der Waals surface area contributed by atoms with Crippen LogP contribution in [0.15, 0.2) is 42.6 Å². The molecule has 0 saturated carbocycles. The van der Waals surface area contributed by atoms with Crippen molar-refractivity contribution in [2.45, 2.75) is 32.8 Å². The molecule has 2 aromatic rings. The van der Waals surface area contributed by atoms with Crippen LogP contribution in [-0.4, -0.2) is 22.3 Å². The van der Waals surface area contributed by atoms with E-state index in [2.05, 4.69) is 4.98 Å². The normalized spacial score (nSPS) is 10.8. The minimum Gasteiger partial charge on any atom is -0.460 e. The number of pyridine rings is 1. The number of carbonyl (C=O) groups excluding carboxylic acids is 2. The molecular formula is C19H18N2O3. The monoisotopic (exact) mass is 322 g/mol. The number of nitrogens with zero attached hydrogens (tertiary/aromatic N) is 2. The molecule has 0 fully saturated rings. The third kappa shape index (κ3) is 4.75. The number of esters is 1. The molecule has 0 N–H and O–H groups in total. The average molecular weight is 322 g/mol. The SMILES string of the molecule is CC(C)(C)OC(=O)CC(=O)c1cccc(-c2ccnc(C#N)c2)c1. The van der Waals surface area contributed by atoms with Crippen LogP contribution in [0.5, 0.6) is 0 Å². The van der Waals surface area contributed by atoms with E-state index in [0.29, 0.717) is 11.3 Å². The Kier molecular flexibility index (Phi) is 5.10. The zero-order chi connectivity index (χ0) is 17.7. The summed E-state index contributed by atoms with van der Waals surface area (Å²) in [4.78, 5) is 28.0. The molecule has 1 aromatic carbocycles. The van der Waals surface area contributed by atoms with Crippen molar-refractivity contribution < 1.29 is 14.3 Å². The van der Waals surface area contributed by atoms with E-state index in [9.17, 15) is 9.59 Å². The topological polar surface area (TPSA) is 80.1 Å². The van der Waals surface area contributed by atoms with Gasteiger partial charge in [0.05, 0.1) is 0 Å². The molecule has 0 radical (unpaired) electrons. The van der Waals surface area contributed by atoms with E-state index in [1.807, 2.05) is 12.1 Å². The van der Waals surface area contributed by atoms with E-state index in [1.54, 1.807) is 57.3 Å². The second-order valence-corrected chi connectivity index (χ2v) is 6.31. The summed E-state index contributed by atoms with van der Waals surface area (Å²) in [7, 11) is 0. The Balaban J connectivity index is 2.19. The summed E-state index contributed by atoms with van der Waals surface area (Å²) in [5, 5.41) is 8.93. The number of hydrogen-bond acceptors (Lipinski definition) is 5. The molecule has 0 spiro atoms.